The highest BCUT2D eigenvalue weighted by molar-refractivity contribution is 5.94. The van der Waals surface area contributed by atoms with Crippen molar-refractivity contribution >= 4 is 5.91 Å². The van der Waals surface area contributed by atoms with E-state index in [2.05, 4.69) is 30.3 Å². The monoisotopic (exact) mass is 271 g/mol. The second-order valence-corrected chi connectivity index (χ2v) is 5.99. The Morgan fingerprint density at radius 3 is 2.50 bits per heavy atom. The molecule has 1 aromatic rings. The first-order valence-corrected chi connectivity index (χ1v) is 6.99. The maximum atomic E-state index is 12.1. The number of hydrogen-bond donors (Lipinski definition) is 1. The maximum absolute atomic E-state index is 12.1. The molecule has 0 atom stereocenters. The quantitative estimate of drug-likeness (QED) is 0.915. The minimum absolute atomic E-state index is 0.0605. The number of nitrogens with zero attached hydrogens (tertiary/aromatic N) is 2. The van der Waals surface area contributed by atoms with Crippen LogP contribution in [0.15, 0.2) is 24.3 Å². The van der Waals surface area contributed by atoms with E-state index < -0.39 is 0 Å². The molecule has 1 amide bonds. The van der Waals surface area contributed by atoms with Crippen LogP contribution < -0.4 is 5.32 Å². The number of likely N-dealkylation sites (tertiary alicyclic amines) is 1. The summed E-state index contributed by atoms with van der Waals surface area (Å²) < 4.78 is 0. The molecule has 4 nitrogen and oxygen atoms in total. The second-order valence-electron chi connectivity index (χ2n) is 5.99. The Balaban J connectivity index is 1.90. The average molecular weight is 271 g/mol. The van der Waals surface area contributed by atoms with Gasteiger partial charge in [-0.25, -0.2) is 0 Å². The van der Waals surface area contributed by atoms with Gasteiger partial charge >= 0.3 is 0 Å². The van der Waals surface area contributed by atoms with Gasteiger partial charge in [-0.05, 0) is 62.7 Å². The maximum Gasteiger partial charge on any atom is 0.251 e. The van der Waals surface area contributed by atoms with Crippen LogP contribution in [0.4, 0.5) is 0 Å². The van der Waals surface area contributed by atoms with Gasteiger partial charge in [-0.1, -0.05) is 6.92 Å². The molecular weight excluding hydrogens is 250 g/mol. The molecule has 0 saturated carbocycles. The number of amides is 1. The molecule has 1 saturated heterocycles. The van der Waals surface area contributed by atoms with Crippen molar-refractivity contribution in [2.75, 3.05) is 26.7 Å². The third kappa shape index (κ3) is 3.58. The van der Waals surface area contributed by atoms with Crippen LogP contribution in [0.5, 0.6) is 0 Å². The van der Waals surface area contributed by atoms with Crippen LogP contribution in [0.3, 0.4) is 0 Å². The predicted molar refractivity (Wildman–Crippen MR) is 78.3 cm³/mol. The predicted octanol–water partition coefficient (Wildman–Crippen LogP) is 2.02. The zero-order valence-electron chi connectivity index (χ0n) is 12.1. The van der Waals surface area contributed by atoms with Crippen LogP contribution in [0.25, 0.3) is 0 Å². The van der Waals surface area contributed by atoms with E-state index in [1.54, 1.807) is 24.3 Å². The molecule has 0 bridgehead atoms. The summed E-state index contributed by atoms with van der Waals surface area (Å²) in [6.07, 6.45) is 2.22. The summed E-state index contributed by atoms with van der Waals surface area (Å²) >= 11 is 0. The summed E-state index contributed by atoms with van der Waals surface area (Å²) in [7, 11) is 2.13. The Morgan fingerprint density at radius 1 is 1.35 bits per heavy atom. The van der Waals surface area contributed by atoms with Crippen LogP contribution in [0.2, 0.25) is 0 Å². The largest absolute Gasteiger partial charge is 0.351 e. The first-order valence-electron chi connectivity index (χ1n) is 6.99. The summed E-state index contributed by atoms with van der Waals surface area (Å²) in [5.41, 5.74) is 1.37. The number of benzene rings is 1. The highest BCUT2D eigenvalue weighted by atomic mass is 16.1. The third-order valence-corrected chi connectivity index (χ3v) is 4.15. The summed E-state index contributed by atoms with van der Waals surface area (Å²) in [5.74, 6) is -0.0605. The lowest BCUT2D eigenvalue weighted by Gasteiger charge is -2.37. The second kappa shape index (κ2) is 6.06. The van der Waals surface area contributed by atoms with Crippen LogP contribution in [-0.2, 0) is 0 Å². The highest BCUT2D eigenvalue weighted by Crippen LogP contribution is 2.29. The van der Waals surface area contributed by atoms with Gasteiger partial charge in [0.25, 0.3) is 5.91 Å². The van der Waals surface area contributed by atoms with E-state index in [0.717, 1.165) is 25.9 Å². The molecule has 0 unspecified atom stereocenters. The highest BCUT2D eigenvalue weighted by Gasteiger charge is 2.29. The van der Waals surface area contributed by atoms with Crippen molar-refractivity contribution in [2.24, 2.45) is 5.41 Å². The van der Waals surface area contributed by atoms with Gasteiger partial charge < -0.3 is 10.2 Å². The van der Waals surface area contributed by atoms with Crippen LogP contribution in [-0.4, -0.2) is 37.5 Å². The van der Waals surface area contributed by atoms with E-state index in [0.29, 0.717) is 17.7 Å². The topological polar surface area (TPSA) is 56.1 Å². The van der Waals surface area contributed by atoms with E-state index in [-0.39, 0.29) is 11.3 Å². The minimum atomic E-state index is -0.0605. The number of hydrogen-bond acceptors (Lipinski definition) is 3. The molecule has 20 heavy (non-hydrogen) atoms. The summed E-state index contributed by atoms with van der Waals surface area (Å²) in [5, 5.41) is 11.8. The Labute approximate surface area is 120 Å². The van der Waals surface area contributed by atoms with Crippen LogP contribution in [0.1, 0.15) is 35.7 Å². The number of nitrogens with one attached hydrogen (secondary N) is 1. The lowest BCUT2D eigenvalue weighted by atomic mass is 9.80. The first-order chi connectivity index (χ1) is 9.52. The van der Waals surface area contributed by atoms with Crippen molar-refractivity contribution in [1.82, 2.24) is 10.2 Å². The van der Waals surface area contributed by atoms with Gasteiger partial charge in [-0.15, -0.1) is 0 Å². The van der Waals surface area contributed by atoms with E-state index in [4.69, 9.17) is 5.26 Å². The van der Waals surface area contributed by atoms with Crippen molar-refractivity contribution in [1.29, 1.82) is 5.26 Å². The summed E-state index contributed by atoms with van der Waals surface area (Å²) in [6, 6.07) is 8.79. The number of nitriles is 1. The van der Waals surface area contributed by atoms with Crippen molar-refractivity contribution in [2.45, 2.75) is 19.8 Å². The Hall–Kier alpha value is -1.86. The molecule has 0 aliphatic carbocycles. The third-order valence-electron chi connectivity index (χ3n) is 4.15. The van der Waals surface area contributed by atoms with Crippen molar-refractivity contribution < 1.29 is 4.79 Å². The van der Waals surface area contributed by atoms with E-state index in [9.17, 15) is 4.79 Å². The van der Waals surface area contributed by atoms with E-state index >= 15 is 0 Å². The zero-order chi connectivity index (χ0) is 14.6. The fraction of sp³-hybridized carbons (Fsp3) is 0.500. The average Bonchev–Trinajstić information content (AvgIpc) is 2.48. The lowest BCUT2D eigenvalue weighted by Crippen LogP contribution is -2.43. The molecule has 0 aromatic heterocycles. The van der Waals surface area contributed by atoms with Gasteiger partial charge in [0, 0.05) is 12.1 Å². The van der Waals surface area contributed by atoms with Gasteiger partial charge in [0.2, 0.25) is 0 Å². The fourth-order valence-corrected chi connectivity index (χ4v) is 2.43. The molecule has 0 radical (unpaired) electrons. The molecule has 0 spiro atoms. The summed E-state index contributed by atoms with van der Waals surface area (Å²) in [6.45, 7) is 5.12. The molecule has 1 aliphatic rings. The molecule has 1 aromatic carbocycles. The lowest BCUT2D eigenvalue weighted by molar-refractivity contribution is 0.0891. The normalized spacial score (nSPS) is 18.2. The molecule has 106 valence electrons. The van der Waals surface area contributed by atoms with Crippen molar-refractivity contribution in [3.05, 3.63) is 35.4 Å². The smallest absolute Gasteiger partial charge is 0.251 e. The van der Waals surface area contributed by atoms with Crippen LogP contribution >= 0.6 is 0 Å². The number of piperidine rings is 1. The van der Waals surface area contributed by atoms with Crippen molar-refractivity contribution in [3.63, 3.8) is 0 Å². The first kappa shape index (κ1) is 14.5. The van der Waals surface area contributed by atoms with Crippen LogP contribution in [0, 0.1) is 16.7 Å². The van der Waals surface area contributed by atoms with Gasteiger partial charge in [0.15, 0.2) is 0 Å². The van der Waals surface area contributed by atoms with Crippen molar-refractivity contribution in [3.8, 4) is 6.07 Å². The minimum Gasteiger partial charge on any atom is -0.351 e. The van der Waals surface area contributed by atoms with Gasteiger partial charge in [-0.2, -0.15) is 5.26 Å². The molecule has 1 heterocycles. The Bertz CT molecular complexity index is 508. The number of carbonyl (C=O) groups is 1. The zero-order valence-corrected chi connectivity index (χ0v) is 12.1. The number of rotatable bonds is 3. The van der Waals surface area contributed by atoms with Gasteiger partial charge in [0.05, 0.1) is 11.6 Å². The molecule has 2 rings (SSSR count). The van der Waals surface area contributed by atoms with E-state index in [1.807, 2.05) is 0 Å². The SMILES string of the molecule is CN1CCC(C)(CNC(=O)c2ccc(C#N)cc2)CC1. The molecule has 1 aliphatic heterocycles. The van der Waals surface area contributed by atoms with Gasteiger partial charge in [0.1, 0.15) is 0 Å². The van der Waals surface area contributed by atoms with Gasteiger partial charge in [-0.3, -0.25) is 4.79 Å². The molecule has 1 N–H and O–H groups in total. The molecule has 4 heteroatoms. The standard InChI is InChI=1S/C16H21N3O/c1-16(7-9-19(2)10-8-16)12-18-15(20)14-5-3-13(11-17)4-6-14/h3-6H,7-10,12H2,1-2H3,(H,18,20). The number of carbonyl (C=O) groups excluding carboxylic acids is 1. The molecular formula is C16H21N3O. The van der Waals surface area contributed by atoms with E-state index in [1.165, 1.54) is 0 Å². The fourth-order valence-electron chi connectivity index (χ4n) is 2.43. The Morgan fingerprint density at radius 2 is 1.95 bits per heavy atom. The summed E-state index contributed by atoms with van der Waals surface area (Å²) in [4.78, 5) is 14.4. The Kier molecular flexibility index (Phi) is 4.41. The molecule has 1 fully saturated rings.